The maximum absolute atomic E-state index is 5.90. The van der Waals surface area contributed by atoms with Crippen LogP contribution in [0.2, 0.25) is 26.4 Å². The first-order valence-corrected chi connectivity index (χ1v) is 19.5. The van der Waals surface area contributed by atoms with Gasteiger partial charge in [-0.2, -0.15) is 29.9 Å². The number of benzene rings is 4. The number of ether oxygens (including phenoxy) is 1. The van der Waals surface area contributed by atoms with Gasteiger partial charge in [-0.1, -0.05) is 110 Å². The van der Waals surface area contributed by atoms with Gasteiger partial charge in [0.1, 0.15) is 0 Å². The van der Waals surface area contributed by atoms with E-state index in [1.54, 1.807) is 0 Å². The molecule has 276 valence electrons. The van der Waals surface area contributed by atoms with Crippen molar-refractivity contribution in [3.8, 4) is 33.6 Å². The molecule has 0 unspecified atom stereocenters. The Labute approximate surface area is 367 Å². The normalized spacial score (nSPS) is 14.6. The van der Waals surface area contributed by atoms with Crippen molar-refractivity contribution in [2.24, 2.45) is 0 Å². The molecule has 0 amide bonds. The summed E-state index contributed by atoms with van der Waals surface area (Å²) in [6, 6.07) is 30.0. The Bertz CT molecular complexity index is 2220. The first-order valence-electron chi connectivity index (χ1n) is 16.8. The number of rotatable bonds is 1. The Morgan fingerprint density at radius 1 is 0.519 bits per heavy atom. The summed E-state index contributed by atoms with van der Waals surface area (Å²) in [6.07, 6.45) is 2.56. The standard InChI is InChI=1S/C18H13Cl2N3.C15H13Br.C4H8O.C3Cl3N3.Mg.2H/c1-18(2)13-6-4-3-5-11(13)12-8-7-10(9-14(12)18)15-21-16(19)23-17(20)22-15;1-15(2)13-6-4-3-5-11(13)12-8-7-10(16)9-14(12)15;1-2-4-5-3-1;4-1-7-2(5)9-3(6)8-1;;;/h3-9H,1-2H3;3-9H,1-2H3;1-4H2;;;;/q;;;;+2;2*-1. The zero-order chi connectivity index (χ0) is 37.9. The van der Waals surface area contributed by atoms with E-state index in [1.165, 1.54) is 57.3 Å². The molecule has 1 aliphatic heterocycles. The van der Waals surface area contributed by atoms with Gasteiger partial charge in [0.05, 0.1) is 0 Å². The van der Waals surface area contributed by atoms with Crippen molar-refractivity contribution in [1.29, 1.82) is 0 Å². The van der Waals surface area contributed by atoms with Gasteiger partial charge in [0.2, 0.25) is 26.4 Å². The Hall–Kier alpha value is -2.44. The molecule has 7 nitrogen and oxygen atoms in total. The van der Waals surface area contributed by atoms with Crippen LogP contribution in [0.3, 0.4) is 0 Å². The van der Waals surface area contributed by atoms with Crippen LogP contribution in [-0.4, -0.2) is 66.2 Å². The average Bonchev–Trinajstić information content (AvgIpc) is 3.82. The van der Waals surface area contributed by atoms with Gasteiger partial charge in [-0.05, 0) is 134 Å². The van der Waals surface area contributed by atoms with Crippen LogP contribution in [-0.2, 0) is 15.6 Å². The zero-order valence-electron chi connectivity index (χ0n) is 32.0. The fourth-order valence-electron chi connectivity index (χ4n) is 6.79. The van der Waals surface area contributed by atoms with Gasteiger partial charge in [-0.25, -0.2) is 0 Å². The average molecular weight is 898 g/mol. The molecule has 3 aliphatic rings. The Morgan fingerprint density at radius 2 is 0.907 bits per heavy atom. The van der Waals surface area contributed by atoms with Gasteiger partial charge in [0, 0.05) is 34.1 Å². The molecule has 54 heavy (non-hydrogen) atoms. The van der Waals surface area contributed by atoms with Crippen LogP contribution >= 0.6 is 73.9 Å². The number of halogens is 6. The van der Waals surface area contributed by atoms with Crippen molar-refractivity contribution >= 4 is 97.0 Å². The summed E-state index contributed by atoms with van der Waals surface area (Å²) in [7, 11) is 0. The summed E-state index contributed by atoms with van der Waals surface area (Å²) in [5.74, 6) is 0.490. The van der Waals surface area contributed by atoms with Gasteiger partial charge < -0.3 is 7.59 Å². The van der Waals surface area contributed by atoms with E-state index in [1.807, 2.05) is 6.07 Å². The summed E-state index contributed by atoms with van der Waals surface area (Å²) in [4.78, 5) is 22.5. The van der Waals surface area contributed by atoms with E-state index >= 15 is 0 Å². The molecule has 0 N–H and O–H groups in total. The van der Waals surface area contributed by atoms with Crippen molar-refractivity contribution in [1.82, 2.24) is 29.9 Å². The van der Waals surface area contributed by atoms with Crippen molar-refractivity contribution in [2.45, 2.75) is 51.4 Å². The van der Waals surface area contributed by atoms with Crippen LogP contribution < -0.4 is 0 Å². The van der Waals surface area contributed by atoms with E-state index < -0.39 is 0 Å². The molecular formula is C40H36BrCl5MgN6O. The molecule has 0 radical (unpaired) electrons. The third-order valence-electron chi connectivity index (χ3n) is 9.35. The molecule has 14 heteroatoms. The molecule has 1 fully saturated rings. The van der Waals surface area contributed by atoms with Crippen LogP contribution in [0.4, 0.5) is 0 Å². The van der Waals surface area contributed by atoms with E-state index in [0.717, 1.165) is 23.2 Å². The largest absolute Gasteiger partial charge is 2.00 e. The second-order valence-corrected chi connectivity index (χ2v) is 16.1. The summed E-state index contributed by atoms with van der Waals surface area (Å²) in [5, 5.41) is 0.200. The summed E-state index contributed by atoms with van der Waals surface area (Å²) < 4.78 is 6.10. The predicted octanol–water partition coefficient (Wildman–Crippen LogP) is 12.4. The van der Waals surface area contributed by atoms with Gasteiger partial charge in [-0.15, -0.1) is 0 Å². The van der Waals surface area contributed by atoms with Crippen molar-refractivity contribution in [3.05, 3.63) is 138 Å². The predicted molar refractivity (Wildman–Crippen MR) is 227 cm³/mol. The van der Waals surface area contributed by atoms with E-state index in [4.69, 9.17) is 62.7 Å². The Balaban J connectivity index is 0.000000221. The SMILES string of the molecule is C1CCOC1.CC1(C)c2ccccc2-c2ccc(-c3nc(Cl)nc(Cl)n3)cc21.CC1(C)c2ccccc2-c2ccc(Br)cc21.Clc1nc(Cl)nc(Cl)n1.[H-].[H-].[Mg+2]. The van der Waals surface area contributed by atoms with Crippen LogP contribution in [0.1, 0.15) is 65.6 Å². The number of hydrogen-bond donors (Lipinski definition) is 0. The van der Waals surface area contributed by atoms with Gasteiger partial charge in [0.25, 0.3) is 0 Å². The molecule has 9 rings (SSSR count). The van der Waals surface area contributed by atoms with E-state index in [9.17, 15) is 0 Å². The van der Waals surface area contributed by atoms with Crippen LogP contribution in [0, 0.1) is 0 Å². The van der Waals surface area contributed by atoms with Gasteiger partial charge in [-0.3, -0.25) is 0 Å². The minimum absolute atomic E-state index is 0. The summed E-state index contributed by atoms with van der Waals surface area (Å²) in [6.45, 7) is 11.1. The molecular weight excluding hydrogens is 862 g/mol. The molecule has 0 saturated carbocycles. The minimum Gasteiger partial charge on any atom is -1.00 e. The van der Waals surface area contributed by atoms with E-state index in [2.05, 4.69) is 152 Å². The topological polar surface area (TPSA) is 86.6 Å². The van der Waals surface area contributed by atoms with E-state index in [-0.39, 0.29) is 63.2 Å². The van der Waals surface area contributed by atoms with Gasteiger partial charge >= 0.3 is 23.1 Å². The third kappa shape index (κ3) is 9.56. The quantitative estimate of drug-likeness (QED) is 0.152. The number of aromatic nitrogens is 6. The number of hydrogen-bond acceptors (Lipinski definition) is 7. The first-order chi connectivity index (χ1) is 25.3. The summed E-state index contributed by atoms with van der Waals surface area (Å²) in [5.41, 5.74) is 11.7. The Morgan fingerprint density at radius 3 is 1.35 bits per heavy atom. The third-order valence-corrected chi connectivity index (χ3v) is 10.7. The van der Waals surface area contributed by atoms with Crippen molar-refractivity contribution in [2.75, 3.05) is 13.2 Å². The monoisotopic (exact) mass is 894 g/mol. The smallest absolute Gasteiger partial charge is 1.00 e. The minimum atomic E-state index is -0.0669. The molecule has 1 saturated heterocycles. The molecule has 6 aromatic rings. The van der Waals surface area contributed by atoms with Crippen molar-refractivity contribution < 1.29 is 7.59 Å². The molecule has 2 aliphatic carbocycles. The second-order valence-electron chi connectivity index (χ2n) is 13.5. The number of nitrogens with zero attached hydrogens (tertiary/aromatic N) is 6. The summed E-state index contributed by atoms with van der Waals surface area (Å²) >= 11 is 31.3. The zero-order valence-corrected chi connectivity index (χ0v) is 36.8. The van der Waals surface area contributed by atoms with Gasteiger partial charge in [0.15, 0.2) is 5.82 Å². The molecule has 4 aromatic carbocycles. The Kier molecular flexibility index (Phi) is 14.4. The fraction of sp³-hybridized carbons (Fsp3) is 0.250. The maximum atomic E-state index is 5.90. The second kappa shape index (κ2) is 18.2. The maximum Gasteiger partial charge on any atom is 2.00 e. The van der Waals surface area contributed by atoms with Crippen LogP contribution in [0.25, 0.3) is 33.6 Å². The molecule has 2 aromatic heterocycles. The van der Waals surface area contributed by atoms with E-state index in [0.29, 0.717) is 5.82 Å². The first kappa shape index (κ1) is 42.7. The van der Waals surface area contributed by atoms with Crippen LogP contribution in [0.5, 0.6) is 0 Å². The molecule has 0 atom stereocenters. The van der Waals surface area contributed by atoms with Crippen molar-refractivity contribution in [3.63, 3.8) is 0 Å². The molecule has 3 heterocycles. The molecule has 0 spiro atoms. The fourth-order valence-corrected chi connectivity index (χ4v) is 8.12. The number of fused-ring (bicyclic) bond motifs is 6. The van der Waals surface area contributed by atoms with Crippen LogP contribution in [0.15, 0.2) is 89.4 Å². The molecule has 0 bridgehead atoms.